The zero-order chi connectivity index (χ0) is 22.5. The van der Waals surface area contributed by atoms with Gasteiger partial charge in [0.05, 0.1) is 6.10 Å². The summed E-state index contributed by atoms with van der Waals surface area (Å²) in [5.41, 5.74) is 0. The molecule has 0 fully saturated rings. The highest BCUT2D eigenvalue weighted by molar-refractivity contribution is 5.69. The predicted molar refractivity (Wildman–Crippen MR) is 133 cm³/mol. The molecule has 0 aromatic heterocycles. The molecule has 0 N–H and O–H groups in total. The molecule has 180 valence electrons. The number of hydrogen-bond acceptors (Lipinski definition) is 2. The van der Waals surface area contributed by atoms with E-state index in [9.17, 15) is 4.79 Å². The van der Waals surface area contributed by atoms with E-state index in [1.54, 1.807) is 0 Å². The van der Waals surface area contributed by atoms with E-state index in [1.165, 1.54) is 109 Å². The Kier molecular flexibility index (Phi) is 21.3. The van der Waals surface area contributed by atoms with E-state index >= 15 is 0 Å². The van der Waals surface area contributed by atoms with Crippen molar-refractivity contribution in [3.05, 3.63) is 0 Å². The average molecular weight is 425 g/mol. The summed E-state index contributed by atoms with van der Waals surface area (Å²) in [5.74, 6) is 1.74. The van der Waals surface area contributed by atoms with Gasteiger partial charge in [0, 0.05) is 6.42 Å². The molecule has 0 saturated heterocycles. The Morgan fingerprint density at radius 3 is 1.40 bits per heavy atom. The van der Waals surface area contributed by atoms with Crippen molar-refractivity contribution in [2.24, 2.45) is 11.8 Å². The molecular weight excluding hydrogens is 368 g/mol. The van der Waals surface area contributed by atoms with E-state index in [0.717, 1.165) is 18.3 Å². The van der Waals surface area contributed by atoms with E-state index in [2.05, 4.69) is 20.8 Å². The lowest BCUT2D eigenvalue weighted by Crippen LogP contribution is -2.10. The molecule has 1 atom stereocenters. The molecule has 0 aromatic rings. The molecule has 0 spiro atoms. The molecule has 2 heteroatoms. The molecule has 0 heterocycles. The van der Waals surface area contributed by atoms with Crippen LogP contribution in [0.25, 0.3) is 0 Å². The smallest absolute Gasteiger partial charge is 0.306 e. The minimum atomic E-state index is -0.0308. The molecule has 0 rings (SSSR count). The molecule has 0 bridgehead atoms. The van der Waals surface area contributed by atoms with Crippen molar-refractivity contribution in [1.82, 2.24) is 0 Å². The van der Waals surface area contributed by atoms with Gasteiger partial charge in [0.25, 0.3) is 0 Å². The minimum absolute atomic E-state index is 0.0208. The van der Waals surface area contributed by atoms with Crippen molar-refractivity contribution < 1.29 is 9.53 Å². The maximum atomic E-state index is 11.5. The van der Waals surface area contributed by atoms with E-state index in [1.807, 2.05) is 13.8 Å². The first-order valence-electron chi connectivity index (χ1n) is 13.7. The number of hydrogen-bond donors (Lipinski definition) is 0. The summed E-state index contributed by atoms with van der Waals surface area (Å²) in [4.78, 5) is 11.5. The molecule has 30 heavy (non-hydrogen) atoms. The zero-order valence-corrected chi connectivity index (χ0v) is 21.5. The molecule has 0 aliphatic heterocycles. The SMILES string of the molecule is CCCCCCCCCCCC(CCCCCCCCCC(=O)OC(C)C)C(C)C. The van der Waals surface area contributed by atoms with Crippen molar-refractivity contribution in [3.63, 3.8) is 0 Å². The van der Waals surface area contributed by atoms with Gasteiger partial charge in [-0.25, -0.2) is 0 Å². The topological polar surface area (TPSA) is 26.3 Å². The Bertz CT molecular complexity index is 362. The summed E-state index contributed by atoms with van der Waals surface area (Å²) in [5, 5.41) is 0. The first kappa shape index (κ1) is 29.5. The minimum Gasteiger partial charge on any atom is -0.463 e. The lowest BCUT2D eigenvalue weighted by atomic mass is 9.85. The number of unbranched alkanes of at least 4 members (excludes halogenated alkanes) is 14. The Balaban J connectivity index is 3.52. The van der Waals surface area contributed by atoms with E-state index < -0.39 is 0 Å². The van der Waals surface area contributed by atoms with Gasteiger partial charge < -0.3 is 4.74 Å². The van der Waals surface area contributed by atoms with Crippen LogP contribution in [0, 0.1) is 11.8 Å². The summed E-state index contributed by atoms with van der Waals surface area (Å²) in [6, 6.07) is 0. The fourth-order valence-corrected chi connectivity index (χ4v) is 4.41. The first-order valence-corrected chi connectivity index (χ1v) is 13.7. The third kappa shape index (κ3) is 20.7. The van der Waals surface area contributed by atoms with Crippen LogP contribution in [-0.4, -0.2) is 12.1 Å². The second-order valence-corrected chi connectivity index (χ2v) is 10.2. The molecular formula is C28H56O2. The van der Waals surface area contributed by atoms with Crippen LogP contribution in [0.4, 0.5) is 0 Å². The van der Waals surface area contributed by atoms with E-state index in [-0.39, 0.29) is 12.1 Å². The normalized spacial score (nSPS) is 12.6. The molecule has 0 aliphatic carbocycles. The Labute approximate surface area is 190 Å². The first-order chi connectivity index (χ1) is 14.5. The number of carbonyl (C=O) groups excluding carboxylic acids is 1. The third-order valence-corrected chi connectivity index (χ3v) is 6.44. The van der Waals surface area contributed by atoms with Gasteiger partial charge in [-0.1, -0.05) is 130 Å². The molecule has 2 nitrogen and oxygen atoms in total. The van der Waals surface area contributed by atoms with Crippen molar-refractivity contribution in [1.29, 1.82) is 0 Å². The van der Waals surface area contributed by atoms with Crippen molar-refractivity contribution >= 4 is 5.97 Å². The second-order valence-electron chi connectivity index (χ2n) is 10.2. The highest BCUT2D eigenvalue weighted by Crippen LogP contribution is 2.25. The van der Waals surface area contributed by atoms with Gasteiger partial charge in [-0.2, -0.15) is 0 Å². The lowest BCUT2D eigenvalue weighted by molar-refractivity contribution is -0.147. The standard InChI is InChI=1S/C28H56O2/c1-6-7-8-9-10-11-13-16-19-22-27(25(2)3)23-20-17-14-12-15-18-21-24-28(29)30-26(4)5/h25-27H,6-24H2,1-5H3. The van der Waals surface area contributed by atoms with Crippen LogP contribution in [0.15, 0.2) is 0 Å². The molecule has 0 radical (unpaired) electrons. The second kappa shape index (κ2) is 21.7. The van der Waals surface area contributed by atoms with Gasteiger partial charge in [-0.05, 0) is 32.1 Å². The average Bonchev–Trinajstić information content (AvgIpc) is 2.68. The summed E-state index contributed by atoms with van der Waals surface area (Å²) >= 11 is 0. The lowest BCUT2D eigenvalue weighted by Gasteiger charge is -2.20. The monoisotopic (exact) mass is 424 g/mol. The van der Waals surface area contributed by atoms with Crippen LogP contribution in [0.1, 0.15) is 157 Å². The van der Waals surface area contributed by atoms with Crippen LogP contribution in [0.2, 0.25) is 0 Å². The highest BCUT2D eigenvalue weighted by atomic mass is 16.5. The fourth-order valence-electron chi connectivity index (χ4n) is 4.41. The molecule has 1 unspecified atom stereocenters. The van der Waals surface area contributed by atoms with Crippen LogP contribution in [0.5, 0.6) is 0 Å². The van der Waals surface area contributed by atoms with Crippen LogP contribution in [-0.2, 0) is 9.53 Å². The fraction of sp³-hybridized carbons (Fsp3) is 0.964. The Hall–Kier alpha value is -0.530. The molecule has 0 amide bonds. The molecule has 0 aliphatic rings. The maximum Gasteiger partial charge on any atom is 0.306 e. The van der Waals surface area contributed by atoms with E-state index in [4.69, 9.17) is 4.74 Å². The summed E-state index contributed by atoms with van der Waals surface area (Å²) in [6.45, 7) is 11.0. The van der Waals surface area contributed by atoms with E-state index in [0.29, 0.717) is 6.42 Å². The van der Waals surface area contributed by atoms with Crippen molar-refractivity contribution in [2.45, 2.75) is 163 Å². The third-order valence-electron chi connectivity index (χ3n) is 6.44. The highest BCUT2D eigenvalue weighted by Gasteiger charge is 2.12. The predicted octanol–water partition coefficient (Wildman–Crippen LogP) is 9.64. The van der Waals surface area contributed by atoms with Gasteiger partial charge in [-0.15, -0.1) is 0 Å². The van der Waals surface area contributed by atoms with Gasteiger partial charge in [0.15, 0.2) is 0 Å². The van der Waals surface area contributed by atoms with Crippen LogP contribution >= 0.6 is 0 Å². The largest absolute Gasteiger partial charge is 0.463 e. The van der Waals surface area contributed by atoms with Gasteiger partial charge in [-0.3, -0.25) is 4.79 Å². The van der Waals surface area contributed by atoms with Gasteiger partial charge >= 0.3 is 5.97 Å². The summed E-state index contributed by atoms with van der Waals surface area (Å²) in [7, 11) is 0. The van der Waals surface area contributed by atoms with Gasteiger partial charge in [0.1, 0.15) is 0 Å². The van der Waals surface area contributed by atoms with Crippen molar-refractivity contribution in [3.8, 4) is 0 Å². The van der Waals surface area contributed by atoms with Crippen LogP contribution < -0.4 is 0 Å². The van der Waals surface area contributed by atoms with Crippen molar-refractivity contribution in [2.75, 3.05) is 0 Å². The summed E-state index contributed by atoms with van der Waals surface area (Å²) in [6.07, 6.45) is 25.3. The number of carbonyl (C=O) groups is 1. The number of esters is 1. The Morgan fingerprint density at radius 1 is 0.600 bits per heavy atom. The molecule has 0 aromatic carbocycles. The maximum absolute atomic E-state index is 11.5. The quantitative estimate of drug-likeness (QED) is 0.128. The zero-order valence-electron chi connectivity index (χ0n) is 21.5. The number of rotatable bonds is 22. The van der Waals surface area contributed by atoms with Crippen LogP contribution in [0.3, 0.4) is 0 Å². The molecule has 0 saturated carbocycles. The Morgan fingerprint density at radius 2 is 1.00 bits per heavy atom. The summed E-state index contributed by atoms with van der Waals surface area (Å²) < 4.78 is 5.18. The number of ether oxygens (including phenoxy) is 1. The van der Waals surface area contributed by atoms with Gasteiger partial charge in [0.2, 0.25) is 0 Å².